The third kappa shape index (κ3) is 3.39. The molecule has 0 amide bonds. The van der Waals surface area contributed by atoms with Crippen molar-refractivity contribution < 1.29 is 37.3 Å². The first-order chi connectivity index (χ1) is 9.70. The molecular formula is C19H16BNY-. The minimum absolute atomic E-state index is 0. The molecule has 0 spiro atoms. The molecule has 0 atom stereocenters. The number of rotatable bonds is 2. The fourth-order valence-corrected chi connectivity index (χ4v) is 2.56. The van der Waals surface area contributed by atoms with E-state index in [1.54, 1.807) is 6.08 Å². The summed E-state index contributed by atoms with van der Waals surface area (Å²) in [4.78, 5) is 0. The second-order valence-electron chi connectivity index (χ2n) is 5.00. The number of aryl methyl sites for hydroxylation is 2. The SMILES string of the molecule is [B].[CH-]=Cc1[c-]c(-c2c(C)ccc3ccccc23)[n+](C)cc1.[Y]. The third-order valence-electron chi connectivity index (χ3n) is 3.65. The van der Waals surface area contributed by atoms with E-state index in [2.05, 4.69) is 54.0 Å². The molecule has 0 aliphatic carbocycles. The molecule has 0 fully saturated rings. The van der Waals surface area contributed by atoms with Gasteiger partial charge in [-0.3, -0.25) is 5.56 Å². The molecule has 1 heterocycles. The van der Waals surface area contributed by atoms with Crippen LogP contribution in [0.4, 0.5) is 0 Å². The maximum absolute atomic E-state index is 5.63. The van der Waals surface area contributed by atoms with E-state index >= 15 is 0 Å². The van der Waals surface area contributed by atoms with Crippen LogP contribution in [-0.4, -0.2) is 8.41 Å². The van der Waals surface area contributed by atoms with E-state index in [0.717, 1.165) is 11.3 Å². The predicted molar refractivity (Wildman–Crippen MR) is 88.7 cm³/mol. The zero-order chi connectivity index (χ0) is 14.1. The van der Waals surface area contributed by atoms with Crippen molar-refractivity contribution in [2.24, 2.45) is 7.05 Å². The van der Waals surface area contributed by atoms with Gasteiger partial charge in [-0.25, -0.2) is 4.57 Å². The number of hydrogen-bond acceptors (Lipinski definition) is 0. The maximum Gasteiger partial charge on any atom is 0.136 e. The predicted octanol–water partition coefficient (Wildman–Crippen LogP) is 3.50. The molecule has 22 heavy (non-hydrogen) atoms. The van der Waals surface area contributed by atoms with Gasteiger partial charge in [0.05, 0.1) is 0 Å². The van der Waals surface area contributed by atoms with E-state index in [1.807, 2.05) is 19.3 Å². The summed E-state index contributed by atoms with van der Waals surface area (Å²) in [7, 11) is 2.04. The number of pyridine rings is 1. The van der Waals surface area contributed by atoms with Crippen molar-refractivity contribution >= 4 is 25.3 Å². The van der Waals surface area contributed by atoms with Crippen LogP contribution < -0.4 is 4.57 Å². The van der Waals surface area contributed by atoms with Crippen LogP contribution in [0.2, 0.25) is 0 Å². The summed E-state index contributed by atoms with van der Waals surface area (Å²) in [5.41, 5.74) is 4.42. The molecule has 3 heteroatoms. The summed E-state index contributed by atoms with van der Waals surface area (Å²) in [6.07, 6.45) is 3.61. The van der Waals surface area contributed by atoms with E-state index in [-0.39, 0.29) is 41.1 Å². The fourth-order valence-electron chi connectivity index (χ4n) is 2.56. The molecular weight excluding hydrogens is 342 g/mol. The Morgan fingerprint density at radius 2 is 1.82 bits per heavy atom. The van der Waals surface area contributed by atoms with Gasteiger partial charge < -0.3 is 12.7 Å². The van der Waals surface area contributed by atoms with Gasteiger partial charge in [0.25, 0.3) is 0 Å². The number of aromatic nitrogens is 1. The molecule has 0 N–H and O–H groups in total. The van der Waals surface area contributed by atoms with Gasteiger partial charge in [-0.1, -0.05) is 42.0 Å². The molecule has 1 nitrogen and oxygen atoms in total. The van der Waals surface area contributed by atoms with Gasteiger partial charge in [0.2, 0.25) is 0 Å². The van der Waals surface area contributed by atoms with Gasteiger partial charge in [-0.15, -0.1) is 0 Å². The Morgan fingerprint density at radius 1 is 1.09 bits per heavy atom. The summed E-state index contributed by atoms with van der Waals surface area (Å²) in [6.45, 7) is 7.77. The first kappa shape index (κ1) is 18.8. The summed E-state index contributed by atoms with van der Waals surface area (Å²) >= 11 is 0. The van der Waals surface area contributed by atoms with E-state index < -0.39 is 0 Å². The van der Waals surface area contributed by atoms with Crippen LogP contribution in [0.15, 0.2) is 48.7 Å². The number of benzene rings is 2. The Morgan fingerprint density at radius 3 is 2.55 bits per heavy atom. The molecule has 3 aromatic rings. The largest absolute Gasteiger partial charge is 0.344 e. The minimum atomic E-state index is 0. The molecule has 0 aliphatic heterocycles. The molecule has 0 unspecified atom stereocenters. The zero-order valence-electron chi connectivity index (χ0n) is 12.9. The molecule has 1 aromatic heterocycles. The van der Waals surface area contributed by atoms with E-state index in [1.165, 1.54) is 21.9 Å². The van der Waals surface area contributed by atoms with Crippen molar-refractivity contribution in [2.45, 2.75) is 6.92 Å². The van der Waals surface area contributed by atoms with Crippen molar-refractivity contribution in [3.8, 4) is 11.3 Å². The first-order valence-electron chi connectivity index (χ1n) is 6.66. The molecule has 0 bridgehead atoms. The molecule has 104 valence electrons. The van der Waals surface area contributed by atoms with Crippen LogP contribution in [-0.2, 0) is 39.8 Å². The fraction of sp³-hybridized carbons (Fsp3) is 0.105. The normalized spacial score (nSPS) is 9.73. The van der Waals surface area contributed by atoms with Crippen LogP contribution in [0.3, 0.4) is 0 Å². The van der Waals surface area contributed by atoms with Gasteiger partial charge in [0.1, 0.15) is 18.9 Å². The second kappa shape index (κ2) is 7.85. The maximum atomic E-state index is 5.63. The van der Waals surface area contributed by atoms with Crippen molar-refractivity contribution in [2.75, 3.05) is 0 Å². The molecule has 3 rings (SSSR count). The van der Waals surface area contributed by atoms with E-state index in [4.69, 9.17) is 6.58 Å². The van der Waals surface area contributed by atoms with Gasteiger partial charge in [-0.2, -0.15) is 12.1 Å². The number of hydrogen-bond donors (Lipinski definition) is 0. The molecule has 0 saturated carbocycles. The van der Waals surface area contributed by atoms with Crippen LogP contribution in [0.25, 0.3) is 28.1 Å². The van der Waals surface area contributed by atoms with Crippen LogP contribution in [0, 0.1) is 19.6 Å². The smallest absolute Gasteiger partial charge is 0.136 e. The van der Waals surface area contributed by atoms with Crippen molar-refractivity contribution in [3.05, 3.63) is 72.4 Å². The summed E-state index contributed by atoms with van der Waals surface area (Å²) in [6, 6.07) is 18.1. The van der Waals surface area contributed by atoms with E-state index in [9.17, 15) is 0 Å². The van der Waals surface area contributed by atoms with Gasteiger partial charge in [-0.05, 0) is 23.3 Å². The molecule has 4 radical (unpaired) electrons. The van der Waals surface area contributed by atoms with Gasteiger partial charge >= 0.3 is 0 Å². The molecule has 0 saturated heterocycles. The minimum Gasteiger partial charge on any atom is -0.344 e. The second-order valence-corrected chi connectivity index (χ2v) is 5.00. The summed E-state index contributed by atoms with van der Waals surface area (Å²) in [5.74, 6) is 0. The topological polar surface area (TPSA) is 3.88 Å². The quantitative estimate of drug-likeness (QED) is 0.375. The standard InChI is InChI=1S/C19H16N.B.Y/c1-4-15-11-12-20(3)18(13-15)19-14(2)9-10-16-7-5-6-8-17(16)19;;/h1,4-12H,2-3H3;;/q-1;;. The Kier molecular flexibility index (Phi) is 6.71. The average molecular weight is 358 g/mol. The Hall–Kier alpha value is -1.24. The first-order valence-corrected chi connectivity index (χ1v) is 6.66. The van der Waals surface area contributed by atoms with Crippen molar-refractivity contribution in [1.82, 2.24) is 0 Å². The summed E-state index contributed by atoms with van der Waals surface area (Å²) < 4.78 is 2.09. The average Bonchev–Trinajstić information content (AvgIpc) is 2.48. The van der Waals surface area contributed by atoms with Crippen LogP contribution in [0.1, 0.15) is 11.1 Å². The van der Waals surface area contributed by atoms with Crippen molar-refractivity contribution in [1.29, 1.82) is 0 Å². The third-order valence-corrected chi connectivity index (χ3v) is 3.65. The Bertz CT molecular complexity index is 812. The Labute approximate surface area is 159 Å². The van der Waals surface area contributed by atoms with Gasteiger partial charge in [0.15, 0.2) is 0 Å². The van der Waals surface area contributed by atoms with Gasteiger partial charge in [0, 0.05) is 41.1 Å². The Balaban J connectivity index is 0.00000121. The summed E-state index contributed by atoms with van der Waals surface area (Å²) in [5, 5.41) is 2.48. The molecule has 2 aromatic carbocycles. The monoisotopic (exact) mass is 358 g/mol. The number of fused-ring (bicyclic) bond motifs is 1. The molecule has 0 aliphatic rings. The zero-order valence-corrected chi connectivity index (χ0v) is 15.7. The van der Waals surface area contributed by atoms with Crippen LogP contribution >= 0.6 is 0 Å². The number of nitrogens with zero attached hydrogens (tertiary/aromatic N) is 1. The van der Waals surface area contributed by atoms with Crippen molar-refractivity contribution in [3.63, 3.8) is 0 Å². The van der Waals surface area contributed by atoms with Crippen LogP contribution in [0.5, 0.6) is 0 Å². The van der Waals surface area contributed by atoms with E-state index in [0.29, 0.717) is 0 Å².